The van der Waals surface area contributed by atoms with Crippen molar-refractivity contribution in [3.63, 3.8) is 0 Å². The summed E-state index contributed by atoms with van der Waals surface area (Å²) in [6.07, 6.45) is 2.00. The maximum atomic E-state index is 11.1. The lowest BCUT2D eigenvalue weighted by Gasteiger charge is -2.03. The third-order valence-corrected chi connectivity index (χ3v) is 10.4. The van der Waals surface area contributed by atoms with Gasteiger partial charge in [0.05, 0.1) is 32.8 Å². The Kier molecular flexibility index (Phi) is 12.5. The van der Waals surface area contributed by atoms with Gasteiger partial charge < -0.3 is 4.98 Å². The molecule has 0 radical (unpaired) electrons. The highest BCUT2D eigenvalue weighted by Gasteiger charge is 2.10. The first-order valence-corrected chi connectivity index (χ1v) is 19.8. The molecule has 0 saturated heterocycles. The average Bonchev–Trinajstić information content (AvgIpc) is 4.10. The highest BCUT2D eigenvalue weighted by molar-refractivity contribution is 9.10. The van der Waals surface area contributed by atoms with E-state index in [4.69, 9.17) is 23.2 Å². The number of benzene rings is 5. The van der Waals surface area contributed by atoms with Gasteiger partial charge in [0.15, 0.2) is 0 Å². The normalized spacial score (nSPS) is 10.7. The lowest BCUT2D eigenvalue weighted by Crippen LogP contribution is -1.93. The number of aromatic nitrogens is 9. The van der Waals surface area contributed by atoms with Crippen molar-refractivity contribution in [2.24, 2.45) is 0 Å². The number of para-hydroxylation sites is 1. The van der Waals surface area contributed by atoms with Crippen LogP contribution in [0.25, 0.3) is 66.7 Å². The van der Waals surface area contributed by atoms with E-state index in [1.54, 1.807) is 6.07 Å². The maximum absolute atomic E-state index is 11.1. The molecule has 290 valence electrons. The monoisotopic (exact) mass is 869 g/mol. The molecule has 0 amide bonds. The van der Waals surface area contributed by atoms with Gasteiger partial charge in [-0.1, -0.05) is 130 Å². The summed E-state index contributed by atoms with van der Waals surface area (Å²) in [7, 11) is 0. The van der Waals surface area contributed by atoms with Crippen molar-refractivity contribution in [2.45, 2.75) is 20.8 Å². The van der Waals surface area contributed by atoms with Gasteiger partial charge in [0.2, 0.25) is 0 Å². The summed E-state index contributed by atoms with van der Waals surface area (Å²) in [5.74, 6) is 0. The van der Waals surface area contributed by atoms with Gasteiger partial charge in [0.1, 0.15) is 5.69 Å². The molecule has 0 bridgehead atoms. The van der Waals surface area contributed by atoms with Gasteiger partial charge >= 0.3 is 0 Å². The van der Waals surface area contributed by atoms with Gasteiger partial charge in [0, 0.05) is 61.3 Å². The molecule has 5 aromatic heterocycles. The van der Waals surface area contributed by atoms with Crippen molar-refractivity contribution in [1.82, 2.24) is 45.8 Å². The number of nitrogens with one attached hydrogen (secondary N) is 6. The Morgan fingerprint density at radius 3 is 1.84 bits per heavy atom. The third-order valence-electron chi connectivity index (χ3n) is 9.09. The first kappa shape index (κ1) is 39.8. The molecule has 0 aliphatic carbocycles. The average molecular weight is 872 g/mol. The van der Waals surface area contributed by atoms with Crippen LogP contribution in [0.3, 0.4) is 0 Å². The molecular weight excluding hydrogens is 833 g/mol. The zero-order valence-electron chi connectivity index (χ0n) is 31.7. The lowest BCUT2D eigenvalue weighted by atomic mass is 10.0. The molecule has 0 atom stereocenters. The molecule has 10 aromatic rings. The summed E-state index contributed by atoms with van der Waals surface area (Å²) in [6.45, 7) is 5.87. The predicted molar refractivity (Wildman–Crippen MR) is 240 cm³/mol. The molecule has 5 aromatic carbocycles. The zero-order chi connectivity index (χ0) is 40.6. The highest BCUT2D eigenvalue weighted by atomic mass is 79.9. The Morgan fingerprint density at radius 1 is 0.586 bits per heavy atom. The molecule has 0 fully saturated rings. The van der Waals surface area contributed by atoms with Crippen LogP contribution in [0.2, 0.25) is 10.0 Å². The van der Waals surface area contributed by atoms with Crippen LogP contribution in [0.5, 0.6) is 0 Å². The van der Waals surface area contributed by atoms with E-state index in [2.05, 4.69) is 98.1 Å². The van der Waals surface area contributed by atoms with Gasteiger partial charge in [-0.3, -0.25) is 30.3 Å². The minimum Gasteiger partial charge on any atom is -0.360 e. The molecule has 58 heavy (non-hydrogen) atoms. The van der Waals surface area contributed by atoms with Crippen molar-refractivity contribution in [1.29, 1.82) is 0 Å². The van der Waals surface area contributed by atoms with Gasteiger partial charge in [-0.05, 0) is 67.9 Å². The number of hydrogen-bond donors (Lipinski definition) is 6. The summed E-state index contributed by atoms with van der Waals surface area (Å²) >= 11 is 15.5. The van der Waals surface area contributed by atoms with Gasteiger partial charge in [0.25, 0.3) is 5.56 Å². The molecule has 0 unspecified atom stereocenters. The zero-order valence-corrected chi connectivity index (χ0v) is 34.8. The Balaban J connectivity index is 0.000000118. The molecular formula is C45H38BrCl2N9O. The van der Waals surface area contributed by atoms with Crippen LogP contribution in [0, 0.1) is 20.8 Å². The second kappa shape index (κ2) is 18.2. The van der Waals surface area contributed by atoms with Gasteiger partial charge in [-0.2, -0.15) is 15.3 Å². The van der Waals surface area contributed by atoms with Crippen LogP contribution >= 0.6 is 39.1 Å². The van der Waals surface area contributed by atoms with E-state index in [9.17, 15) is 4.79 Å². The minimum atomic E-state index is -0.108. The van der Waals surface area contributed by atoms with E-state index in [1.165, 1.54) is 10.8 Å². The summed E-state index contributed by atoms with van der Waals surface area (Å²) in [5, 5.41) is 31.6. The van der Waals surface area contributed by atoms with E-state index >= 15 is 0 Å². The lowest BCUT2D eigenvalue weighted by molar-refractivity contribution is 1.05. The number of halogens is 3. The Morgan fingerprint density at radius 2 is 1.21 bits per heavy atom. The van der Waals surface area contributed by atoms with Crippen LogP contribution in [-0.4, -0.2) is 45.8 Å². The Bertz CT molecular complexity index is 2970. The fourth-order valence-corrected chi connectivity index (χ4v) is 6.91. The highest BCUT2D eigenvalue weighted by Crippen LogP contribution is 2.30. The SMILES string of the molecule is Cc1[nH]nc(-c2ccc(Br)cc2)c1Cl.Cc1cc(-c2c[nH]c3ccccc23)n[nH]1.Cc1cc(-c2ccccc2Cl)n[nH]1.O=c1cc(-c2cccc3ccccc23)[nH][nH]1. The maximum Gasteiger partial charge on any atom is 0.264 e. The number of hydrogen-bond acceptors (Lipinski definition) is 4. The van der Waals surface area contributed by atoms with Crippen molar-refractivity contribution < 1.29 is 0 Å². The minimum absolute atomic E-state index is 0.108. The van der Waals surface area contributed by atoms with E-state index in [1.807, 2.05) is 118 Å². The third kappa shape index (κ3) is 9.41. The largest absolute Gasteiger partial charge is 0.360 e. The first-order chi connectivity index (χ1) is 28.1. The van der Waals surface area contributed by atoms with E-state index in [0.717, 1.165) is 82.5 Å². The summed E-state index contributed by atoms with van der Waals surface area (Å²) in [6, 6.07) is 43.6. The van der Waals surface area contributed by atoms with Gasteiger partial charge in [-0.25, -0.2) is 0 Å². The number of fused-ring (bicyclic) bond motifs is 2. The number of H-pyrrole nitrogens is 6. The van der Waals surface area contributed by atoms with E-state index < -0.39 is 0 Å². The number of aromatic amines is 6. The second-order valence-corrected chi connectivity index (χ2v) is 15.0. The van der Waals surface area contributed by atoms with E-state index in [0.29, 0.717) is 5.02 Å². The van der Waals surface area contributed by atoms with Crippen molar-refractivity contribution in [3.05, 3.63) is 182 Å². The number of rotatable bonds is 4. The van der Waals surface area contributed by atoms with Crippen LogP contribution in [0.15, 0.2) is 149 Å². The fraction of sp³-hybridized carbons (Fsp3) is 0.0667. The summed E-state index contributed by atoms with van der Waals surface area (Å²) in [4.78, 5) is 14.4. The summed E-state index contributed by atoms with van der Waals surface area (Å²) in [5.41, 5.74) is 11.7. The van der Waals surface area contributed by atoms with Gasteiger partial charge in [-0.15, -0.1) is 0 Å². The topological polar surface area (TPSA) is 150 Å². The van der Waals surface area contributed by atoms with Crippen LogP contribution in [0.4, 0.5) is 0 Å². The molecule has 13 heteroatoms. The predicted octanol–water partition coefficient (Wildman–Crippen LogP) is 12.2. The molecule has 0 aliphatic rings. The van der Waals surface area contributed by atoms with Crippen LogP contribution in [0.1, 0.15) is 17.1 Å². The van der Waals surface area contributed by atoms with Crippen LogP contribution < -0.4 is 5.56 Å². The fourth-order valence-electron chi connectivity index (χ4n) is 6.22. The second-order valence-electron chi connectivity index (χ2n) is 13.3. The number of nitrogens with zero attached hydrogens (tertiary/aromatic N) is 3. The molecule has 0 saturated carbocycles. The molecule has 0 aliphatic heterocycles. The van der Waals surface area contributed by atoms with Crippen molar-refractivity contribution >= 4 is 60.8 Å². The van der Waals surface area contributed by atoms with Crippen molar-refractivity contribution in [3.8, 4) is 45.0 Å². The first-order valence-electron chi connectivity index (χ1n) is 18.2. The molecule has 5 heterocycles. The molecule has 6 N–H and O–H groups in total. The quantitative estimate of drug-likeness (QED) is 0.104. The molecule has 0 spiro atoms. The Hall–Kier alpha value is -6.40. The summed E-state index contributed by atoms with van der Waals surface area (Å²) < 4.78 is 1.05. The van der Waals surface area contributed by atoms with Crippen LogP contribution in [-0.2, 0) is 0 Å². The molecule has 10 nitrogen and oxygen atoms in total. The van der Waals surface area contributed by atoms with E-state index in [-0.39, 0.29) is 5.56 Å². The molecule has 10 rings (SSSR count). The number of aryl methyl sites for hydroxylation is 3. The Labute approximate surface area is 352 Å². The smallest absolute Gasteiger partial charge is 0.264 e. The standard InChI is InChI=1S/C13H10N2O.C12H11N3.C10H8BrClN2.C10H9ClN2/c16-13-8-12(14-15-13)11-7-3-5-9-4-1-2-6-10(9)11;1-8-6-12(15-14-8)10-7-13-11-5-3-2-4-9(10)11;1-6-9(12)10(14-13-6)7-2-4-8(11)5-3-7;1-7-6-10(13-12-7)8-4-2-3-5-9(8)11/h1-8H,(H2,14,15,16);2-7,13H,1H3,(H,14,15);2-5H,1H3,(H,13,14);2-6H,1H3,(H,12,13). The van der Waals surface area contributed by atoms with Crippen molar-refractivity contribution in [2.75, 3.05) is 0 Å².